The number of hydrogen-bond donors (Lipinski definition) is 2. The van der Waals surface area contributed by atoms with Gasteiger partial charge in [-0.1, -0.05) is 27.7 Å². The Labute approximate surface area is 118 Å². The topological polar surface area (TPSA) is 71.6 Å². The molecule has 0 spiro atoms. The zero-order valence-corrected chi connectivity index (χ0v) is 12.8. The highest BCUT2D eigenvalue weighted by molar-refractivity contribution is 4.83. The molecule has 4 heteroatoms. The molecular formula is C15H28N4. The van der Waals surface area contributed by atoms with Crippen molar-refractivity contribution < 1.29 is 0 Å². The van der Waals surface area contributed by atoms with Crippen molar-refractivity contribution in [2.24, 2.45) is 10.8 Å². The van der Waals surface area contributed by atoms with E-state index in [4.69, 9.17) is 10.5 Å². The third-order valence-electron chi connectivity index (χ3n) is 2.99. The molecule has 0 radical (unpaired) electrons. The van der Waals surface area contributed by atoms with Crippen LogP contribution in [0, 0.1) is 33.5 Å². The Hall–Kier alpha value is -1.10. The fraction of sp³-hybridized carbons (Fsp3) is 0.867. The molecule has 0 amide bonds. The van der Waals surface area contributed by atoms with Gasteiger partial charge in [0.05, 0.1) is 12.1 Å². The van der Waals surface area contributed by atoms with Gasteiger partial charge in [0.15, 0.2) is 0 Å². The van der Waals surface area contributed by atoms with Crippen molar-refractivity contribution >= 4 is 0 Å². The average molecular weight is 264 g/mol. The molecule has 19 heavy (non-hydrogen) atoms. The standard InChI is InChI=1S/C15H28N4/c1-14(2,12-18-9-5-7-16)11-15(3,4)13-19-10-6-8-17/h18-19H,5-6,9-13H2,1-4H3. The van der Waals surface area contributed by atoms with Gasteiger partial charge >= 0.3 is 0 Å². The first-order valence-electron chi connectivity index (χ1n) is 6.98. The second-order valence-corrected chi connectivity index (χ2v) is 6.67. The van der Waals surface area contributed by atoms with Crippen LogP contribution in [0.3, 0.4) is 0 Å². The van der Waals surface area contributed by atoms with E-state index in [0.29, 0.717) is 12.8 Å². The molecule has 2 N–H and O–H groups in total. The summed E-state index contributed by atoms with van der Waals surface area (Å²) in [5.41, 5.74) is 0.408. The lowest BCUT2D eigenvalue weighted by atomic mass is 9.75. The fourth-order valence-corrected chi connectivity index (χ4v) is 2.56. The van der Waals surface area contributed by atoms with Gasteiger partial charge < -0.3 is 10.6 Å². The van der Waals surface area contributed by atoms with Gasteiger partial charge in [-0.2, -0.15) is 10.5 Å². The summed E-state index contributed by atoms with van der Waals surface area (Å²) in [6, 6.07) is 4.29. The monoisotopic (exact) mass is 264 g/mol. The quantitative estimate of drug-likeness (QED) is 0.594. The number of hydrogen-bond acceptors (Lipinski definition) is 4. The first kappa shape index (κ1) is 17.9. The molecule has 0 atom stereocenters. The molecule has 108 valence electrons. The lowest BCUT2D eigenvalue weighted by molar-refractivity contribution is 0.185. The van der Waals surface area contributed by atoms with Crippen molar-refractivity contribution in [2.45, 2.75) is 47.0 Å². The maximum absolute atomic E-state index is 8.50. The van der Waals surface area contributed by atoms with Crippen LogP contribution in [0.5, 0.6) is 0 Å². The van der Waals surface area contributed by atoms with Gasteiger partial charge in [0.2, 0.25) is 0 Å². The van der Waals surface area contributed by atoms with Crippen LogP contribution in [-0.2, 0) is 0 Å². The van der Waals surface area contributed by atoms with E-state index in [2.05, 4.69) is 50.5 Å². The number of nitriles is 2. The van der Waals surface area contributed by atoms with Crippen LogP contribution >= 0.6 is 0 Å². The van der Waals surface area contributed by atoms with Gasteiger partial charge in [0.25, 0.3) is 0 Å². The molecule has 4 nitrogen and oxygen atoms in total. The number of nitrogens with one attached hydrogen (secondary N) is 2. The van der Waals surface area contributed by atoms with E-state index < -0.39 is 0 Å². The fourth-order valence-electron chi connectivity index (χ4n) is 2.56. The third-order valence-corrected chi connectivity index (χ3v) is 2.99. The first-order valence-corrected chi connectivity index (χ1v) is 6.98. The van der Waals surface area contributed by atoms with Gasteiger partial charge in [0.1, 0.15) is 0 Å². The van der Waals surface area contributed by atoms with Crippen molar-refractivity contribution in [3.8, 4) is 12.1 Å². The van der Waals surface area contributed by atoms with Crippen LogP contribution in [0.2, 0.25) is 0 Å². The van der Waals surface area contributed by atoms with Gasteiger partial charge in [-0.05, 0) is 17.3 Å². The van der Waals surface area contributed by atoms with Crippen molar-refractivity contribution in [2.75, 3.05) is 26.2 Å². The molecule has 0 aromatic carbocycles. The lowest BCUT2D eigenvalue weighted by Gasteiger charge is -2.35. The maximum Gasteiger partial charge on any atom is 0.0635 e. The maximum atomic E-state index is 8.50. The zero-order chi connectivity index (χ0) is 14.8. The SMILES string of the molecule is CC(C)(CNCCC#N)CC(C)(C)CNCCC#N. The molecule has 0 rings (SSSR count). The molecule has 0 aliphatic carbocycles. The van der Waals surface area contributed by atoms with E-state index in [1.54, 1.807) is 0 Å². The van der Waals surface area contributed by atoms with Gasteiger partial charge in [-0.3, -0.25) is 0 Å². The minimum Gasteiger partial charge on any atom is -0.315 e. The predicted molar refractivity (Wildman–Crippen MR) is 78.4 cm³/mol. The summed E-state index contributed by atoms with van der Waals surface area (Å²) < 4.78 is 0. The number of rotatable bonds is 10. The summed E-state index contributed by atoms with van der Waals surface area (Å²) in [7, 11) is 0. The highest BCUT2D eigenvalue weighted by Crippen LogP contribution is 2.32. The zero-order valence-electron chi connectivity index (χ0n) is 12.8. The highest BCUT2D eigenvalue weighted by atomic mass is 14.9. The third kappa shape index (κ3) is 10.5. The Balaban J connectivity index is 4.01. The molecule has 0 heterocycles. The second-order valence-electron chi connectivity index (χ2n) is 6.67. The van der Waals surface area contributed by atoms with Crippen LogP contribution in [0.1, 0.15) is 47.0 Å². The van der Waals surface area contributed by atoms with Crippen LogP contribution < -0.4 is 10.6 Å². The minimum atomic E-state index is 0.204. The van der Waals surface area contributed by atoms with E-state index in [-0.39, 0.29) is 10.8 Å². The molecule has 0 fully saturated rings. The summed E-state index contributed by atoms with van der Waals surface area (Å²) in [5, 5.41) is 23.7. The minimum absolute atomic E-state index is 0.204. The Morgan fingerprint density at radius 3 is 1.47 bits per heavy atom. The van der Waals surface area contributed by atoms with Crippen LogP contribution in [0.25, 0.3) is 0 Å². The van der Waals surface area contributed by atoms with E-state index >= 15 is 0 Å². The van der Waals surface area contributed by atoms with E-state index in [9.17, 15) is 0 Å². The van der Waals surface area contributed by atoms with E-state index in [1.807, 2.05) is 0 Å². The molecule has 0 saturated heterocycles. The van der Waals surface area contributed by atoms with Crippen molar-refractivity contribution in [1.29, 1.82) is 10.5 Å². The molecule has 0 aromatic heterocycles. The Kier molecular flexibility index (Phi) is 8.39. The molecule has 0 aliphatic heterocycles. The van der Waals surface area contributed by atoms with Gasteiger partial charge in [0, 0.05) is 39.0 Å². The molecule has 0 aromatic rings. The average Bonchev–Trinajstić information content (AvgIpc) is 2.29. The van der Waals surface area contributed by atoms with Crippen molar-refractivity contribution in [3.63, 3.8) is 0 Å². The molecule has 0 bridgehead atoms. The first-order chi connectivity index (χ1) is 8.83. The summed E-state index contributed by atoms with van der Waals surface area (Å²) in [4.78, 5) is 0. The molecule has 0 aliphatic rings. The summed E-state index contributed by atoms with van der Waals surface area (Å²) in [6.45, 7) is 12.4. The van der Waals surface area contributed by atoms with Crippen molar-refractivity contribution in [1.82, 2.24) is 10.6 Å². The highest BCUT2D eigenvalue weighted by Gasteiger charge is 2.28. The Morgan fingerprint density at radius 2 is 1.16 bits per heavy atom. The molecular weight excluding hydrogens is 236 g/mol. The predicted octanol–water partition coefficient (Wildman–Crippen LogP) is 2.44. The summed E-state index contributed by atoms with van der Waals surface area (Å²) in [5.74, 6) is 0. The second kappa shape index (κ2) is 8.91. The van der Waals surface area contributed by atoms with Gasteiger partial charge in [-0.15, -0.1) is 0 Å². The largest absolute Gasteiger partial charge is 0.315 e. The Morgan fingerprint density at radius 1 is 0.789 bits per heavy atom. The van der Waals surface area contributed by atoms with Crippen LogP contribution in [0.15, 0.2) is 0 Å². The Bertz CT molecular complexity index is 288. The summed E-state index contributed by atoms with van der Waals surface area (Å²) >= 11 is 0. The smallest absolute Gasteiger partial charge is 0.0635 e. The van der Waals surface area contributed by atoms with Crippen molar-refractivity contribution in [3.05, 3.63) is 0 Å². The normalized spacial score (nSPS) is 11.9. The van der Waals surface area contributed by atoms with Crippen LogP contribution in [-0.4, -0.2) is 26.2 Å². The van der Waals surface area contributed by atoms with E-state index in [1.165, 1.54) is 0 Å². The summed E-state index contributed by atoms with van der Waals surface area (Å²) in [6.07, 6.45) is 2.23. The molecule has 0 saturated carbocycles. The number of nitrogens with zero attached hydrogens (tertiary/aromatic N) is 2. The lowest BCUT2D eigenvalue weighted by Crippen LogP contribution is -2.38. The van der Waals surface area contributed by atoms with Crippen LogP contribution in [0.4, 0.5) is 0 Å². The van der Waals surface area contributed by atoms with E-state index in [0.717, 1.165) is 32.6 Å². The molecule has 0 unspecified atom stereocenters. The van der Waals surface area contributed by atoms with Gasteiger partial charge in [-0.25, -0.2) is 0 Å².